The number of carboxylic acids is 1. The van der Waals surface area contributed by atoms with Gasteiger partial charge in [-0.3, -0.25) is 14.5 Å². The summed E-state index contributed by atoms with van der Waals surface area (Å²) in [6, 6.07) is 11.3. The summed E-state index contributed by atoms with van der Waals surface area (Å²) in [7, 11) is 0. The number of carbonyl (C=O) groups is 2. The van der Waals surface area contributed by atoms with Gasteiger partial charge < -0.3 is 15.2 Å². The van der Waals surface area contributed by atoms with E-state index in [2.05, 4.69) is 5.32 Å². The molecule has 1 amide bonds. The monoisotopic (exact) mass is 342 g/mol. The van der Waals surface area contributed by atoms with E-state index in [0.29, 0.717) is 26.2 Å². The van der Waals surface area contributed by atoms with E-state index in [1.54, 1.807) is 0 Å². The van der Waals surface area contributed by atoms with Crippen molar-refractivity contribution in [3.8, 4) is 5.75 Å². The lowest BCUT2D eigenvalue weighted by atomic mass is 10.0. The molecule has 25 heavy (non-hydrogen) atoms. The summed E-state index contributed by atoms with van der Waals surface area (Å²) in [5, 5.41) is 14.1. The van der Waals surface area contributed by atoms with Gasteiger partial charge in [0.05, 0.1) is 13.0 Å². The lowest BCUT2D eigenvalue weighted by Crippen LogP contribution is -2.55. The van der Waals surface area contributed by atoms with Crippen LogP contribution in [0.25, 0.3) is 10.8 Å². The predicted octanol–water partition coefficient (Wildman–Crippen LogP) is 2.01. The Morgan fingerprint density at radius 3 is 2.88 bits per heavy atom. The maximum absolute atomic E-state index is 12.2. The third-order valence-corrected chi connectivity index (χ3v) is 4.47. The summed E-state index contributed by atoms with van der Waals surface area (Å²) in [6.07, 6.45) is -0.208. The first-order valence-corrected chi connectivity index (χ1v) is 8.47. The van der Waals surface area contributed by atoms with Crippen LogP contribution < -0.4 is 10.1 Å². The average molecular weight is 342 g/mol. The second-order valence-corrected chi connectivity index (χ2v) is 6.07. The van der Waals surface area contributed by atoms with Crippen molar-refractivity contribution < 1.29 is 19.4 Å². The molecule has 1 heterocycles. The van der Waals surface area contributed by atoms with Crippen molar-refractivity contribution in [1.82, 2.24) is 10.2 Å². The van der Waals surface area contributed by atoms with Gasteiger partial charge in [0, 0.05) is 25.2 Å². The summed E-state index contributed by atoms with van der Waals surface area (Å²) in [4.78, 5) is 25.2. The fourth-order valence-electron chi connectivity index (χ4n) is 3.31. The van der Waals surface area contributed by atoms with Crippen molar-refractivity contribution in [3.63, 3.8) is 0 Å². The Morgan fingerprint density at radius 1 is 1.32 bits per heavy atom. The van der Waals surface area contributed by atoms with Gasteiger partial charge in [-0.05, 0) is 23.8 Å². The van der Waals surface area contributed by atoms with Crippen LogP contribution in [-0.4, -0.2) is 47.6 Å². The maximum atomic E-state index is 12.2. The Bertz CT molecular complexity index is 790. The number of rotatable bonds is 6. The molecule has 1 aliphatic heterocycles. The number of ether oxygens (including phenoxy) is 1. The molecule has 2 aromatic carbocycles. The molecule has 1 atom stereocenters. The topological polar surface area (TPSA) is 78.9 Å². The molecule has 0 radical (unpaired) electrons. The van der Waals surface area contributed by atoms with Gasteiger partial charge in [0.25, 0.3) is 0 Å². The van der Waals surface area contributed by atoms with Crippen LogP contribution in [-0.2, 0) is 16.1 Å². The highest BCUT2D eigenvalue weighted by Gasteiger charge is 2.32. The van der Waals surface area contributed by atoms with Crippen LogP contribution in [0.3, 0.4) is 0 Å². The minimum Gasteiger partial charge on any atom is -0.494 e. The number of carbonyl (C=O) groups excluding carboxylic acids is 1. The number of nitrogens with one attached hydrogen (secondary N) is 1. The molecule has 2 aromatic rings. The highest BCUT2D eigenvalue weighted by Crippen LogP contribution is 2.30. The third kappa shape index (κ3) is 3.74. The zero-order valence-corrected chi connectivity index (χ0v) is 14.2. The lowest BCUT2D eigenvalue weighted by Gasteiger charge is -2.34. The Hall–Kier alpha value is -2.60. The van der Waals surface area contributed by atoms with Crippen molar-refractivity contribution >= 4 is 22.6 Å². The summed E-state index contributed by atoms with van der Waals surface area (Å²) >= 11 is 0. The summed E-state index contributed by atoms with van der Waals surface area (Å²) in [5.41, 5.74) is 0.991. The van der Waals surface area contributed by atoms with E-state index >= 15 is 0 Å². The van der Waals surface area contributed by atoms with Crippen molar-refractivity contribution in [2.24, 2.45) is 0 Å². The number of nitrogens with zero attached hydrogens (tertiary/aromatic N) is 1. The minimum atomic E-state index is -0.977. The van der Waals surface area contributed by atoms with Crippen LogP contribution in [0.1, 0.15) is 18.9 Å². The first kappa shape index (κ1) is 17.2. The Balaban J connectivity index is 1.98. The molecule has 6 nitrogen and oxygen atoms in total. The van der Waals surface area contributed by atoms with Crippen LogP contribution >= 0.6 is 0 Å². The lowest BCUT2D eigenvalue weighted by molar-refractivity contribution is -0.143. The van der Waals surface area contributed by atoms with E-state index in [4.69, 9.17) is 9.84 Å². The minimum absolute atomic E-state index is 0.208. The van der Waals surface area contributed by atoms with Gasteiger partial charge in [-0.15, -0.1) is 0 Å². The number of aliphatic carboxylic acids is 1. The summed E-state index contributed by atoms with van der Waals surface area (Å²) in [6.45, 7) is 4.08. The van der Waals surface area contributed by atoms with Gasteiger partial charge in [-0.25, -0.2) is 0 Å². The molecule has 1 fully saturated rings. The van der Waals surface area contributed by atoms with Gasteiger partial charge >= 0.3 is 5.97 Å². The SMILES string of the molecule is CCOc1ccc2ccccc2c1CN1CCNC(=O)C1CC(=O)O. The number of piperazine rings is 1. The van der Waals surface area contributed by atoms with Crippen molar-refractivity contribution in [1.29, 1.82) is 0 Å². The largest absolute Gasteiger partial charge is 0.494 e. The highest BCUT2D eigenvalue weighted by molar-refractivity contribution is 5.89. The summed E-state index contributed by atoms with van der Waals surface area (Å²) < 4.78 is 5.79. The smallest absolute Gasteiger partial charge is 0.305 e. The van der Waals surface area contributed by atoms with E-state index < -0.39 is 12.0 Å². The molecular weight excluding hydrogens is 320 g/mol. The van der Waals surface area contributed by atoms with Gasteiger partial charge in [-0.2, -0.15) is 0 Å². The van der Waals surface area contributed by atoms with Crippen molar-refractivity contribution in [2.45, 2.75) is 25.9 Å². The molecule has 1 unspecified atom stereocenters. The molecule has 1 aliphatic rings. The molecule has 6 heteroatoms. The molecule has 132 valence electrons. The van der Waals surface area contributed by atoms with Gasteiger partial charge in [-0.1, -0.05) is 30.3 Å². The predicted molar refractivity (Wildman–Crippen MR) is 94.6 cm³/mol. The molecule has 3 rings (SSSR count). The van der Waals surface area contributed by atoms with Crippen molar-refractivity contribution in [2.75, 3.05) is 19.7 Å². The first-order valence-electron chi connectivity index (χ1n) is 8.47. The zero-order chi connectivity index (χ0) is 17.8. The van der Waals surface area contributed by atoms with Crippen LogP contribution in [0.2, 0.25) is 0 Å². The van der Waals surface area contributed by atoms with Crippen LogP contribution in [0.4, 0.5) is 0 Å². The standard InChI is InChI=1S/C19H22N2O4/c1-2-25-17-8-7-13-5-3-4-6-14(13)15(17)12-21-10-9-20-19(24)16(21)11-18(22)23/h3-8,16H,2,9-12H2,1H3,(H,20,24)(H,22,23). The van der Waals surface area contributed by atoms with E-state index in [0.717, 1.165) is 22.1 Å². The summed E-state index contributed by atoms with van der Waals surface area (Å²) in [5.74, 6) is -0.428. The number of hydrogen-bond donors (Lipinski definition) is 2. The van der Waals surface area contributed by atoms with Gasteiger partial charge in [0.1, 0.15) is 11.8 Å². The van der Waals surface area contributed by atoms with E-state index in [-0.39, 0.29) is 12.3 Å². The molecule has 0 aliphatic carbocycles. The molecule has 0 saturated carbocycles. The van der Waals surface area contributed by atoms with E-state index in [9.17, 15) is 9.59 Å². The first-order chi connectivity index (χ1) is 12.1. The molecule has 0 spiro atoms. The number of amides is 1. The fourth-order valence-corrected chi connectivity index (χ4v) is 3.31. The van der Waals surface area contributed by atoms with Gasteiger partial charge in [0.2, 0.25) is 5.91 Å². The average Bonchev–Trinajstić information content (AvgIpc) is 2.59. The Labute approximate surface area is 146 Å². The van der Waals surface area contributed by atoms with Gasteiger partial charge in [0.15, 0.2) is 0 Å². The molecule has 0 bridgehead atoms. The molecular formula is C19H22N2O4. The maximum Gasteiger partial charge on any atom is 0.305 e. The normalized spacial score (nSPS) is 18.1. The van der Waals surface area contributed by atoms with Crippen molar-refractivity contribution in [3.05, 3.63) is 42.0 Å². The Kier molecular flexibility index (Phi) is 5.19. The number of fused-ring (bicyclic) bond motifs is 1. The highest BCUT2D eigenvalue weighted by atomic mass is 16.5. The quantitative estimate of drug-likeness (QED) is 0.840. The second kappa shape index (κ2) is 7.53. The zero-order valence-electron chi connectivity index (χ0n) is 14.2. The molecule has 2 N–H and O–H groups in total. The van der Waals surface area contributed by atoms with Crippen LogP contribution in [0.15, 0.2) is 36.4 Å². The fraction of sp³-hybridized carbons (Fsp3) is 0.368. The van der Waals surface area contributed by atoms with E-state index in [1.165, 1.54) is 0 Å². The van der Waals surface area contributed by atoms with E-state index in [1.807, 2.05) is 48.2 Å². The Morgan fingerprint density at radius 2 is 2.12 bits per heavy atom. The number of hydrogen-bond acceptors (Lipinski definition) is 4. The molecule has 1 saturated heterocycles. The van der Waals surface area contributed by atoms with Crippen LogP contribution in [0, 0.1) is 0 Å². The third-order valence-electron chi connectivity index (χ3n) is 4.47. The number of benzene rings is 2. The number of carboxylic acid groups (broad SMARTS) is 1. The van der Waals surface area contributed by atoms with Crippen LogP contribution in [0.5, 0.6) is 5.75 Å². The molecule has 0 aromatic heterocycles. The second-order valence-electron chi connectivity index (χ2n) is 6.07.